The Morgan fingerprint density at radius 2 is 1.79 bits per heavy atom. The lowest BCUT2D eigenvalue weighted by Crippen LogP contribution is -2.47. The van der Waals surface area contributed by atoms with Gasteiger partial charge in [0.05, 0.1) is 42.4 Å². The number of methoxy groups -OCH3 is 1. The van der Waals surface area contributed by atoms with Gasteiger partial charge in [-0.1, -0.05) is 12.8 Å². The van der Waals surface area contributed by atoms with Gasteiger partial charge in [-0.25, -0.2) is 24.3 Å². The number of benzene rings is 1. The normalized spacial score (nSPS) is 16.9. The van der Waals surface area contributed by atoms with E-state index < -0.39 is 23.5 Å². The third-order valence-corrected chi connectivity index (χ3v) is 9.28. The number of H-pyrrole nitrogens is 1. The quantitative estimate of drug-likeness (QED) is 0.198. The van der Waals surface area contributed by atoms with Crippen molar-refractivity contribution < 1.29 is 32.2 Å². The number of pyridine rings is 1. The number of rotatable bonds is 11. The summed E-state index contributed by atoms with van der Waals surface area (Å²) in [4.78, 5) is 38.9. The number of nitrogens with one attached hydrogen (secondary N) is 1. The first-order valence-corrected chi connectivity index (χ1v) is 15.9. The molecular formula is C33H38F4N8O3. The molecule has 4 heterocycles. The number of carboxylic acid groups (broad SMARTS) is 1. The molecule has 0 amide bonds. The van der Waals surface area contributed by atoms with Crippen LogP contribution in [0.1, 0.15) is 37.7 Å². The van der Waals surface area contributed by atoms with E-state index >= 15 is 0 Å². The second-order valence-corrected chi connectivity index (χ2v) is 12.8. The smallest absolute Gasteiger partial charge is 0.416 e. The first-order valence-electron chi connectivity index (χ1n) is 15.9. The highest BCUT2D eigenvalue weighted by atomic mass is 19.4. The Hall–Kier alpha value is -4.37. The molecule has 15 heteroatoms. The number of piperazine rings is 1. The summed E-state index contributed by atoms with van der Waals surface area (Å²) >= 11 is 0. The molecule has 1 saturated carbocycles. The largest absolute Gasteiger partial charge is 0.481 e. The summed E-state index contributed by atoms with van der Waals surface area (Å²) in [6, 6.07) is 4.08. The number of hydrogen-bond donors (Lipinski definition) is 2. The molecule has 0 bridgehead atoms. The maximum atomic E-state index is 14.5. The highest BCUT2D eigenvalue weighted by molar-refractivity contribution is 5.91. The van der Waals surface area contributed by atoms with Gasteiger partial charge < -0.3 is 24.6 Å². The van der Waals surface area contributed by atoms with E-state index in [0.717, 1.165) is 37.8 Å². The number of aromatic nitrogens is 5. The second kappa shape index (κ2) is 13.6. The van der Waals surface area contributed by atoms with Crippen molar-refractivity contribution in [1.82, 2.24) is 29.8 Å². The fraction of sp³-hybridized carbons (Fsp3) is 0.485. The van der Waals surface area contributed by atoms with Crippen LogP contribution in [0.25, 0.3) is 33.9 Å². The van der Waals surface area contributed by atoms with Gasteiger partial charge in [-0.2, -0.15) is 13.2 Å². The maximum absolute atomic E-state index is 14.5. The first kappa shape index (κ1) is 33.5. The van der Waals surface area contributed by atoms with Gasteiger partial charge >= 0.3 is 12.1 Å². The molecule has 0 atom stereocenters. The summed E-state index contributed by atoms with van der Waals surface area (Å²) < 4.78 is 60.9. The van der Waals surface area contributed by atoms with E-state index in [2.05, 4.69) is 34.7 Å². The SMILES string of the molecule is COCC1(CN(C)c2cc(-c3cc(F)cc(C(F)(F)F)c3)nc3nc(-c4cnc(N5CCN(CCC(=O)O)CC5)cn4)[nH]c23)CCCC1. The topological polar surface area (TPSA) is 124 Å². The predicted octanol–water partition coefficient (Wildman–Crippen LogP) is 5.48. The Morgan fingerprint density at radius 3 is 2.44 bits per heavy atom. The number of aromatic amines is 1. The molecule has 0 unspecified atom stereocenters. The molecule has 0 spiro atoms. The van der Waals surface area contributed by atoms with Crippen molar-refractivity contribution in [1.29, 1.82) is 0 Å². The molecule has 4 aromatic rings. The monoisotopic (exact) mass is 670 g/mol. The molecule has 48 heavy (non-hydrogen) atoms. The molecule has 6 rings (SSSR count). The van der Waals surface area contributed by atoms with Crippen molar-refractivity contribution in [2.75, 3.05) is 69.8 Å². The van der Waals surface area contributed by atoms with Crippen LogP contribution in [0.4, 0.5) is 29.1 Å². The lowest BCUT2D eigenvalue weighted by atomic mass is 9.86. The Bertz CT molecular complexity index is 1750. The number of hydrogen-bond acceptors (Lipinski definition) is 9. The molecule has 256 valence electrons. The van der Waals surface area contributed by atoms with E-state index in [-0.39, 0.29) is 28.7 Å². The van der Waals surface area contributed by atoms with E-state index in [4.69, 9.17) is 9.84 Å². The van der Waals surface area contributed by atoms with Gasteiger partial charge in [-0.15, -0.1) is 0 Å². The van der Waals surface area contributed by atoms with Gasteiger partial charge in [0.2, 0.25) is 0 Å². The Kier molecular flexibility index (Phi) is 9.52. The van der Waals surface area contributed by atoms with Gasteiger partial charge in [0, 0.05) is 64.4 Å². The summed E-state index contributed by atoms with van der Waals surface area (Å²) in [5, 5.41) is 8.96. The van der Waals surface area contributed by atoms with Gasteiger partial charge in [0.15, 0.2) is 11.5 Å². The van der Waals surface area contributed by atoms with Crippen molar-refractivity contribution in [3.05, 3.63) is 48.0 Å². The number of ether oxygens (including phenoxy) is 1. The zero-order valence-corrected chi connectivity index (χ0v) is 26.9. The average Bonchev–Trinajstić information content (AvgIpc) is 3.70. The first-order chi connectivity index (χ1) is 22.9. The second-order valence-electron chi connectivity index (χ2n) is 12.8. The van der Waals surface area contributed by atoms with Crippen LogP contribution in [-0.4, -0.2) is 101 Å². The van der Waals surface area contributed by atoms with E-state index in [9.17, 15) is 22.4 Å². The Morgan fingerprint density at radius 1 is 1.04 bits per heavy atom. The van der Waals surface area contributed by atoms with Crippen LogP contribution < -0.4 is 9.80 Å². The van der Waals surface area contributed by atoms with Gasteiger partial charge in [0.25, 0.3) is 0 Å². The number of carbonyl (C=O) groups is 1. The van der Waals surface area contributed by atoms with Crippen molar-refractivity contribution in [2.45, 2.75) is 38.3 Å². The van der Waals surface area contributed by atoms with Crippen LogP contribution in [-0.2, 0) is 15.7 Å². The molecule has 1 saturated heterocycles. The third kappa shape index (κ3) is 7.36. The van der Waals surface area contributed by atoms with Crippen LogP contribution in [0.3, 0.4) is 0 Å². The van der Waals surface area contributed by atoms with Crippen molar-refractivity contribution in [3.63, 3.8) is 0 Å². The van der Waals surface area contributed by atoms with E-state index in [1.807, 2.05) is 11.9 Å². The van der Waals surface area contributed by atoms with E-state index in [1.165, 1.54) is 0 Å². The molecule has 2 fully saturated rings. The number of halogens is 4. The molecule has 0 radical (unpaired) electrons. The molecule has 2 N–H and O–H groups in total. The van der Waals surface area contributed by atoms with Crippen LogP contribution in [0, 0.1) is 11.2 Å². The van der Waals surface area contributed by atoms with E-state index in [1.54, 1.807) is 25.6 Å². The van der Waals surface area contributed by atoms with Crippen LogP contribution in [0.5, 0.6) is 0 Å². The highest BCUT2D eigenvalue weighted by Gasteiger charge is 2.36. The number of imidazole rings is 1. The number of aliphatic carboxylic acids is 1. The minimum absolute atomic E-state index is 0.0110. The number of alkyl halides is 3. The van der Waals surface area contributed by atoms with Crippen LogP contribution in [0.2, 0.25) is 0 Å². The zero-order valence-electron chi connectivity index (χ0n) is 26.9. The molecule has 11 nitrogen and oxygen atoms in total. The van der Waals surface area contributed by atoms with Crippen molar-refractivity contribution in [2.24, 2.45) is 5.41 Å². The molecule has 3 aromatic heterocycles. The maximum Gasteiger partial charge on any atom is 0.416 e. The lowest BCUT2D eigenvalue weighted by Gasteiger charge is -2.34. The minimum Gasteiger partial charge on any atom is -0.481 e. The number of carboxylic acids is 1. The fourth-order valence-electron chi connectivity index (χ4n) is 6.87. The summed E-state index contributed by atoms with van der Waals surface area (Å²) in [6.45, 7) is 4.50. The lowest BCUT2D eigenvalue weighted by molar-refractivity contribution is -0.138. The van der Waals surface area contributed by atoms with Crippen molar-refractivity contribution >= 4 is 28.6 Å². The number of nitrogens with zero attached hydrogens (tertiary/aromatic N) is 7. The third-order valence-electron chi connectivity index (χ3n) is 9.28. The van der Waals surface area contributed by atoms with Crippen molar-refractivity contribution in [3.8, 4) is 22.8 Å². The van der Waals surface area contributed by atoms with Crippen LogP contribution in [0.15, 0.2) is 36.7 Å². The highest BCUT2D eigenvalue weighted by Crippen LogP contribution is 2.41. The van der Waals surface area contributed by atoms with Gasteiger partial charge in [0.1, 0.15) is 22.8 Å². The van der Waals surface area contributed by atoms with Gasteiger partial charge in [-0.3, -0.25) is 9.69 Å². The molecule has 1 aromatic carbocycles. The molecule has 2 aliphatic rings. The molecular weight excluding hydrogens is 632 g/mol. The average molecular weight is 671 g/mol. The Labute approximate surface area is 275 Å². The molecule has 1 aliphatic carbocycles. The summed E-state index contributed by atoms with van der Waals surface area (Å²) in [6.07, 6.45) is 2.77. The summed E-state index contributed by atoms with van der Waals surface area (Å²) in [7, 11) is 3.60. The fourth-order valence-corrected chi connectivity index (χ4v) is 6.87. The summed E-state index contributed by atoms with van der Waals surface area (Å²) in [5.41, 5.74) is 0.872. The number of fused-ring (bicyclic) bond motifs is 1. The standard InChI is InChI=1S/C33H38F4N8O3/c1-43(19-32(20-48-2)6-3-4-7-32)26-16-24(21-13-22(33(35,36)37)15-23(34)14-21)40-31-29(26)41-30(42-31)25-17-39-27(18-38-25)45-11-9-44(10-12-45)8-5-28(46)47/h13-18H,3-12,19-20H2,1-2H3,(H,46,47)(H,40,41,42). The minimum atomic E-state index is -4.73. The summed E-state index contributed by atoms with van der Waals surface area (Å²) in [5.74, 6) is -0.769. The predicted molar refractivity (Wildman–Crippen MR) is 172 cm³/mol. The zero-order chi connectivity index (χ0) is 34.1. The molecule has 1 aliphatic heterocycles. The number of anilines is 2. The Balaban J connectivity index is 1.33. The van der Waals surface area contributed by atoms with Crippen LogP contribution >= 0.6 is 0 Å². The van der Waals surface area contributed by atoms with Gasteiger partial charge in [-0.05, 0) is 37.1 Å². The van der Waals surface area contributed by atoms with E-state index in [0.29, 0.717) is 80.5 Å².